The van der Waals surface area contributed by atoms with Gasteiger partial charge in [0, 0.05) is 50.2 Å². The third kappa shape index (κ3) is 4.09. The number of hydrogen-bond acceptors (Lipinski definition) is 3. The van der Waals surface area contributed by atoms with E-state index in [1.807, 2.05) is 25.8 Å². The number of anilines is 1. The Labute approximate surface area is 156 Å². The molecule has 0 N–H and O–H groups in total. The summed E-state index contributed by atoms with van der Waals surface area (Å²) in [6.07, 6.45) is -4.05. The van der Waals surface area contributed by atoms with Crippen LogP contribution in [0.25, 0.3) is 0 Å². The van der Waals surface area contributed by atoms with Crippen molar-refractivity contribution >= 4 is 11.6 Å². The maximum atomic E-state index is 12.9. The fourth-order valence-corrected chi connectivity index (χ4v) is 3.43. The predicted octanol–water partition coefficient (Wildman–Crippen LogP) is 2.95. The summed E-state index contributed by atoms with van der Waals surface area (Å²) >= 11 is 0. The number of alkyl halides is 3. The Balaban J connectivity index is 1.63. The fraction of sp³-hybridized carbons (Fsp3) is 0.474. The smallest absolute Gasteiger partial charge is 0.368 e. The molecule has 0 bridgehead atoms. The Hall–Kier alpha value is -2.51. The normalized spacial score (nSPS) is 15.3. The van der Waals surface area contributed by atoms with Crippen molar-refractivity contribution in [3.05, 3.63) is 46.8 Å². The van der Waals surface area contributed by atoms with Crippen molar-refractivity contribution in [1.29, 1.82) is 0 Å². The van der Waals surface area contributed by atoms with Crippen LogP contribution < -0.4 is 4.90 Å². The predicted molar refractivity (Wildman–Crippen MR) is 96.6 cm³/mol. The van der Waals surface area contributed by atoms with Gasteiger partial charge in [0.1, 0.15) is 0 Å². The van der Waals surface area contributed by atoms with Crippen LogP contribution in [-0.2, 0) is 24.4 Å². The first kappa shape index (κ1) is 19.3. The summed E-state index contributed by atoms with van der Waals surface area (Å²) in [5.74, 6) is 0.0258. The molecule has 5 nitrogen and oxygen atoms in total. The first-order valence-electron chi connectivity index (χ1n) is 8.86. The maximum Gasteiger partial charge on any atom is 0.416 e. The Morgan fingerprint density at radius 2 is 1.81 bits per heavy atom. The Morgan fingerprint density at radius 3 is 2.37 bits per heavy atom. The van der Waals surface area contributed by atoms with E-state index < -0.39 is 11.7 Å². The zero-order chi connectivity index (χ0) is 19.8. The summed E-state index contributed by atoms with van der Waals surface area (Å²) in [7, 11) is 1.85. The number of nitrogens with zero attached hydrogens (tertiary/aromatic N) is 4. The van der Waals surface area contributed by atoms with Crippen molar-refractivity contribution in [2.45, 2.75) is 26.4 Å². The molecule has 1 aliphatic heterocycles. The number of amides is 1. The second-order valence-corrected chi connectivity index (χ2v) is 6.87. The molecular formula is C19H23F3N4O. The SMILES string of the molecule is Cc1nn(C)c(C)c1CC(=O)N1CCN(c2cccc(C(F)(F)F)c2)CC1. The van der Waals surface area contributed by atoms with E-state index in [0.717, 1.165) is 23.0 Å². The Bertz CT molecular complexity index is 836. The molecule has 0 radical (unpaired) electrons. The minimum atomic E-state index is -4.35. The summed E-state index contributed by atoms with van der Waals surface area (Å²) in [5.41, 5.74) is 2.66. The van der Waals surface area contributed by atoms with E-state index in [2.05, 4.69) is 5.10 Å². The van der Waals surface area contributed by atoms with Crippen molar-refractivity contribution in [1.82, 2.24) is 14.7 Å². The number of rotatable bonds is 3. The number of aromatic nitrogens is 2. The van der Waals surface area contributed by atoms with E-state index in [9.17, 15) is 18.0 Å². The topological polar surface area (TPSA) is 41.4 Å². The maximum absolute atomic E-state index is 12.9. The van der Waals surface area contributed by atoms with Crippen molar-refractivity contribution in [3.8, 4) is 0 Å². The lowest BCUT2D eigenvalue weighted by Crippen LogP contribution is -2.49. The summed E-state index contributed by atoms with van der Waals surface area (Å²) < 4.78 is 40.5. The standard InChI is InChI=1S/C19H23F3N4O/c1-13-17(14(2)24(3)23-13)12-18(27)26-9-7-25(8-10-26)16-6-4-5-15(11-16)19(20,21)22/h4-6,11H,7-10,12H2,1-3H3. The van der Waals surface area contributed by atoms with Crippen LogP contribution in [0.15, 0.2) is 24.3 Å². The second kappa shape index (κ2) is 7.25. The van der Waals surface area contributed by atoms with Crippen LogP contribution in [0.2, 0.25) is 0 Å². The van der Waals surface area contributed by atoms with Crippen LogP contribution in [-0.4, -0.2) is 46.8 Å². The highest BCUT2D eigenvalue weighted by atomic mass is 19.4. The van der Waals surface area contributed by atoms with E-state index in [1.165, 1.54) is 12.1 Å². The molecule has 146 valence electrons. The van der Waals surface area contributed by atoms with E-state index in [1.54, 1.807) is 15.6 Å². The number of benzene rings is 1. The molecule has 0 spiro atoms. The van der Waals surface area contributed by atoms with Gasteiger partial charge in [-0.25, -0.2) is 0 Å². The molecule has 0 unspecified atom stereocenters. The number of hydrogen-bond donors (Lipinski definition) is 0. The van der Waals surface area contributed by atoms with Crippen molar-refractivity contribution in [2.75, 3.05) is 31.1 Å². The van der Waals surface area contributed by atoms with Crippen LogP contribution in [0.1, 0.15) is 22.5 Å². The van der Waals surface area contributed by atoms with Crippen LogP contribution in [0.5, 0.6) is 0 Å². The molecule has 1 aromatic heterocycles. The molecule has 27 heavy (non-hydrogen) atoms. The molecule has 0 aliphatic carbocycles. The number of carbonyl (C=O) groups excluding carboxylic acids is 1. The molecule has 3 rings (SSSR count). The molecule has 1 aliphatic rings. The summed E-state index contributed by atoms with van der Waals surface area (Å²) in [6.45, 7) is 5.84. The highest BCUT2D eigenvalue weighted by Crippen LogP contribution is 2.31. The zero-order valence-corrected chi connectivity index (χ0v) is 15.7. The molecular weight excluding hydrogens is 357 g/mol. The van der Waals surface area contributed by atoms with Crippen LogP contribution in [0.4, 0.5) is 18.9 Å². The van der Waals surface area contributed by atoms with E-state index in [4.69, 9.17) is 0 Å². The van der Waals surface area contributed by atoms with E-state index in [0.29, 0.717) is 38.3 Å². The van der Waals surface area contributed by atoms with Gasteiger partial charge in [-0.2, -0.15) is 18.3 Å². The molecule has 1 saturated heterocycles. The van der Waals surface area contributed by atoms with Gasteiger partial charge in [0.15, 0.2) is 0 Å². The molecule has 1 fully saturated rings. The highest BCUT2D eigenvalue weighted by Gasteiger charge is 2.31. The second-order valence-electron chi connectivity index (χ2n) is 6.87. The number of aryl methyl sites for hydroxylation is 2. The minimum absolute atomic E-state index is 0.0258. The lowest BCUT2D eigenvalue weighted by atomic mass is 10.1. The highest BCUT2D eigenvalue weighted by molar-refractivity contribution is 5.79. The summed E-state index contributed by atoms with van der Waals surface area (Å²) in [4.78, 5) is 16.3. The van der Waals surface area contributed by atoms with E-state index >= 15 is 0 Å². The molecule has 0 atom stereocenters. The Kier molecular flexibility index (Phi) is 5.17. The quantitative estimate of drug-likeness (QED) is 0.822. The largest absolute Gasteiger partial charge is 0.416 e. The number of piperazine rings is 1. The summed E-state index contributed by atoms with van der Waals surface area (Å²) in [5, 5.41) is 4.33. The molecule has 1 aromatic carbocycles. The first-order valence-corrected chi connectivity index (χ1v) is 8.86. The van der Waals surface area contributed by atoms with Gasteiger partial charge < -0.3 is 9.80 Å². The van der Waals surface area contributed by atoms with Crippen LogP contribution in [0, 0.1) is 13.8 Å². The average molecular weight is 380 g/mol. The van der Waals surface area contributed by atoms with Crippen molar-refractivity contribution < 1.29 is 18.0 Å². The molecule has 2 heterocycles. The minimum Gasteiger partial charge on any atom is -0.368 e. The van der Waals surface area contributed by atoms with Gasteiger partial charge in [0.05, 0.1) is 17.7 Å². The number of carbonyl (C=O) groups is 1. The lowest BCUT2D eigenvalue weighted by Gasteiger charge is -2.36. The van der Waals surface area contributed by atoms with Gasteiger partial charge in [0.25, 0.3) is 0 Å². The van der Waals surface area contributed by atoms with Gasteiger partial charge >= 0.3 is 6.18 Å². The van der Waals surface area contributed by atoms with Gasteiger partial charge in [-0.3, -0.25) is 9.48 Å². The van der Waals surface area contributed by atoms with Gasteiger partial charge in [0.2, 0.25) is 5.91 Å². The van der Waals surface area contributed by atoms with Crippen LogP contribution in [0.3, 0.4) is 0 Å². The van der Waals surface area contributed by atoms with Gasteiger partial charge in [-0.1, -0.05) is 6.07 Å². The monoisotopic (exact) mass is 380 g/mol. The average Bonchev–Trinajstić information content (AvgIpc) is 2.87. The van der Waals surface area contributed by atoms with Crippen LogP contribution >= 0.6 is 0 Å². The Morgan fingerprint density at radius 1 is 1.15 bits per heavy atom. The molecule has 8 heteroatoms. The lowest BCUT2D eigenvalue weighted by molar-refractivity contribution is -0.137. The van der Waals surface area contributed by atoms with E-state index in [-0.39, 0.29) is 5.91 Å². The first-order chi connectivity index (χ1) is 12.7. The zero-order valence-electron chi connectivity index (χ0n) is 15.7. The third-order valence-electron chi connectivity index (χ3n) is 5.16. The molecule has 0 saturated carbocycles. The molecule has 1 amide bonds. The summed E-state index contributed by atoms with van der Waals surface area (Å²) in [6, 6.07) is 5.33. The van der Waals surface area contributed by atoms with Gasteiger partial charge in [-0.15, -0.1) is 0 Å². The fourth-order valence-electron chi connectivity index (χ4n) is 3.43. The van der Waals surface area contributed by atoms with Crippen molar-refractivity contribution in [2.24, 2.45) is 7.05 Å². The van der Waals surface area contributed by atoms with Gasteiger partial charge in [-0.05, 0) is 32.0 Å². The molecule has 2 aromatic rings. The number of halogens is 3. The van der Waals surface area contributed by atoms with Crippen molar-refractivity contribution in [3.63, 3.8) is 0 Å². The third-order valence-corrected chi connectivity index (χ3v) is 5.16.